The smallest absolute Gasteiger partial charge is 0.253 e. The molecule has 0 aliphatic heterocycles. The van der Waals surface area contributed by atoms with Crippen LogP contribution in [-0.2, 0) is 16.6 Å². The number of hydrogen-bond acceptors (Lipinski definition) is 5. The van der Waals surface area contributed by atoms with E-state index < -0.39 is 15.9 Å². The first-order chi connectivity index (χ1) is 15.9. The fraction of sp³-hybridized carbons (Fsp3) is 0.130. The average molecular weight is 485 g/mol. The molecule has 2 N–H and O–H groups in total. The van der Waals surface area contributed by atoms with Crippen LogP contribution in [0.5, 0.6) is 5.75 Å². The van der Waals surface area contributed by atoms with Gasteiger partial charge in [-0.25, -0.2) is 18.1 Å². The fourth-order valence-electron chi connectivity index (χ4n) is 3.13. The van der Waals surface area contributed by atoms with Crippen LogP contribution in [-0.4, -0.2) is 36.9 Å². The second-order valence-corrected chi connectivity index (χ2v) is 9.26. The maximum absolute atomic E-state index is 12.7. The van der Waals surface area contributed by atoms with Crippen molar-refractivity contribution in [1.29, 1.82) is 0 Å². The van der Waals surface area contributed by atoms with Crippen LogP contribution in [0.4, 0.5) is 0 Å². The van der Waals surface area contributed by atoms with E-state index in [0.717, 1.165) is 5.65 Å². The van der Waals surface area contributed by atoms with Gasteiger partial charge < -0.3 is 14.5 Å². The first-order valence-electron chi connectivity index (χ1n) is 10.1. The van der Waals surface area contributed by atoms with E-state index in [1.165, 1.54) is 18.2 Å². The number of aromatic nitrogens is 2. The largest absolute Gasteiger partial charge is 0.492 e. The summed E-state index contributed by atoms with van der Waals surface area (Å²) in [6.07, 6.45) is 3.66. The minimum absolute atomic E-state index is 0.0591. The molecule has 1 amide bonds. The van der Waals surface area contributed by atoms with Gasteiger partial charge in [0, 0.05) is 18.9 Å². The molecule has 33 heavy (non-hydrogen) atoms. The summed E-state index contributed by atoms with van der Waals surface area (Å²) in [5.74, 6) is 0.147. The molecule has 2 aromatic heterocycles. The number of sulfonamides is 1. The van der Waals surface area contributed by atoms with Crippen molar-refractivity contribution >= 4 is 33.2 Å². The molecule has 4 rings (SSSR count). The molecular weight excluding hydrogens is 464 g/mol. The molecule has 8 nitrogen and oxygen atoms in total. The quantitative estimate of drug-likeness (QED) is 0.355. The number of para-hydroxylation sites is 1. The highest BCUT2D eigenvalue weighted by molar-refractivity contribution is 7.89. The number of fused-ring (bicyclic) bond motifs is 1. The molecule has 2 heterocycles. The van der Waals surface area contributed by atoms with E-state index >= 15 is 0 Å². The number of pyridine rings is 1. The number of nitrogens with zero attached hydrogens (tertiary/aromatic N) is 2. The summed E-state index contributed by atoms with van der Waals surface area (Å²) in [5, 5.41) is 2.88. The standard InChI is InChI=1S/C23H21ClN4O4S/c24-21-10-9-19(33(30,31)26-11-13-32-18-6-2-1-3-7-18)14-20(21)23(29)25-15-17-16-28-12-5-4-8-22(28)27-17/h1-10,12,14,16,26H,11,13,15H2,(H,25,29). The molecule has 0 fully saturated rings. The van der Waals surface area contributed by atoms with Gasteiger partial charge >= 0.3 is 0 Å². The second kappa shape index (κ2) is 10.0. The Morgan fingerprint density at radius 3 is 2.64 bits per heavy atom. The molecule has 4 aromatic rings. The van der Waals surface area contributed by atoms with Crippen molar-refractivity contribution in [2.45, 2.75) is 11.4 Å². The van der Waals surface area contributed by atoms with Gasteiger partial charge in [-0.3, -0.25) is 4.79 Å². The van der Waals surface area contributed by atoms with Crippen molar-refractivity contribution in [2.75, 3.05) is 13.2 Å². The molecule has 0 saturated heterocycles. The number of rotatable bonds is 9. The van der Waals surface area contributed by atoms with Gasteiger partial charge in [-0.2, -0.15) is 0 Å². The van der Waals surface area contributed by atoms with Crippen molar-refractivity contribution < 1.29 is 17.9 Å². The number of imidazole rings is 1. The highest BCUT2D eigenvalue weighted by Crippen LogP contribution is 2.21. The monoisotopic (exact) mass is 484 g/mol. The summed E-state index contributed by atoms with van der Waals surface area (Å²) in [6.45, 7) is 0.390. The Kier molecular flexibility index (Phi) is 6.93. The van der Waals surface area contributed by atoms with E-state index in [0.29, 0.717) is 11.4 Å². The molecule has 0 saturated carbocycles. The summed E-state index contributed by atoms with van der Waals surface area (Å²) in [4.78, 5) is 17.0. The van der Waals surface area contributed by atoms with Crippen LogP contribution >= 0.6 is 11.6 Å². The van der Waals surface area contributed by atoms with E-state index in [-0.39, 0.29) is 35.2 Å². The number of nitrogens with one attached hydrogen (secondary N) is 2. The van der Waals surface area contributed by atoms with Gasteiger partial charge in [0.05, 0.1) is 27.7 Å². The summed E-state index contributed by atoms with van der Waals surface area (Å²) in [7, 11) is -3.86. The summed E-state index contributed by atoms with van der Waals surface area (Å²) in [6, 6.07) is 18.7. The Balaban J connectivity index is 1.38. The number of hydrogen-bond donors (Lipinski definition) is 2. The fourth-order valence-corrected chi connectivity index (χ4v) is 4.37. The minimum Gasteiger partial charge on any atom is -0.492 e. The van der Waals surface area contributed by atoms with Crippen LogP contribution in [0.15, 0.2) is 84.0 Å². The zero-order valence-electron chi connectivity index (χ0n) is 17.4. The zero-order valence-corrected chi connectivity index (χ0v) is 19.0. The van der Waals surface area contributed by atoms with Crippen LogP contribution < -0.4 is 14.8 Å². The van der Waals surface area contributed by atoms with Crippen molar-refractivity contribution in [1.82, 2.24) is 19.4 Å². The van der Waals surface area contributed by atoms with Crippen molar-refractivity contribution in [3.63, 3.8) is 0 Å². The number of benzene rings is 2. The number of carbonyl (C=O) groups is 1. The lowest BCUT2D eigenvalue weighted by atomic mass is 10.2. The molecule has 0 aliphatic carbocycles. The third-order valence-electron chi connectivity index (χ3n) is 4.74. The average Bonchev–Trinajstić information content (AvgIpc) is 3.24. The van der Waals surface area contributed by atoms with Crippen LogP contribution in [0.3, 0.4) is 0 Å². The Bertz CT molecular complexity index is 1340. The number of amides is 1. The van der Waals surface area contributed by atoms with E-state index in [4.69, 9.17) is 16.3 Å². The van der Waals surface area contributed by atoms with Crippen LogP contribution in [0.2, 0.25) is 5.02 Å². The van der Waals surface area contributed by atoms with Crippen LogP contribution in [0.25, 0.3) is 5.65 Å². The number of ether oxygens (including phenoxy) is 1. The minimum atomic E-state index is -3.86. The van der Waals surface area contributed by atoms with Crippen LogP contribution in [0.1, 0.15) is 16.1 Å². The molecule has 0 unspecified atom stereocenters. The Labute approximate surface area is 196 Å². The highest BCUT2D eigenvalue weighted by Gasteiger charge is 2.19. The van der Waals surface area contributed by atoms with E-state index in [1.54, 1.807) is 18.3 Å². The van der Waals surface area contributed by atoms with Gasteiger partial charge in [0.2, 0.25) is 10.0 Å². The van der Waals surface area contributed by atoms with Crippen LogP contribution in [0, 0.1) is 0 Å². The summed E-state index contributed by atoms with van der Waals surface area (Å²) < 4.78 is 35.1. The van der Waals surface area contributed by atoms with Gasteiger partial charge in [0.15, 0.2) is 0 Å². The van der Waals surface area contributed by atoms with Crippen molar-refractivity contribution in [3.8, 4) is 5.75 Å². The lowest BCUT2D eigenvalue weighted by Gasteiger charge is -2.11. The Hall–Kier alpha value is -3.40. The molecule has 0 aliphatic rings. The van der Waals surface area contributed by atoms with E-state index in [9.17, 15) is 13.2 Å². The summed E-state index contributed by atoms with van der Waals surface area (Å²) >= 11 is 6.17. The van der Waals surface area contributed by atoms with Gasteiger partial charge in [-0.05, 0) is 42.5 Å². The number of halogens is 1. The SMILES string of the molecule is O=C(NCc1cn2ccccc2n1)c1cc(S(=O)(=O)NCCOc2ccccc2)ccc1Cl. The molecule has 0 radical (unpaired) electrons. The van der Waals surface area contributed by atoms with E-state index in [1.807, 2.05) is 47.0 Å². The normalized spacial score (nSPS) is 11.4. The maximum Gasteiger partial charge on any atom is 0.253 e. The third-order valence-corrected chi connectivity index (χ3v) is 6.53. The molecule has 2 aromatic carbocycles. The maximum atomic E-state index is 12.7. The molecular formula is C23H21ClN4O4S. The van der Waals surface area contributed by atoms with Gasteiger partial charge in [-0.15, -0.1) is 0 Å². The predicted molar refractivity (Wildman–Crippen MR) is 125 cm³/mol. The molecule has 170 valence electrons. The summed E-state index contributed by atoms with van der Waals surface area (Å²) in [5.41, 5.74) is 1.48. The zero-order chi connectivity index (χ0) is 23.3. The predicted octanol–water partition coefficient (Wildman–Crippen LogP) is 3.28. The second-order valence-electron chi connectivity index (χ2n) is 7.08. The molecule has 0 atom stereocenters. The first kappa shape index (κ1) is 22.8. The highest BCUT2D eigenvalue weighted by atomic mass is 35.5. The van der Waals surface area contributed by atoms with Gasteiger partial charge in [-0.1, -0.05) is 35.9 Å². The number of carbonyl (C=O) groups excluding carboxylic acids is 1. The topological polar surface area (TPSA) is 102 Å². The molecule has 0 spiro atoms. The van der Waals surface area contributed by atoms with Gasteiger partial charge in [0.1, 0.15) is 18.0 Å². The molecule has 10 heteroatoms. The lowest BCUT2D eigenvalue weighted by molar-refractivity contribution is 0.0950. The van der Waals surface area contributed by atoms with Crippen molar-refractivity contribution in [2.24, 2.45) is 0 Å². The third kappa shape index (κ3) is 5.70. The Morgan fingerprint density at radius 1 is 1.06 bits per heavy atom. The van der Waals surface area contributed by atoms with Gasteiger partial charge in [0.25, 0.3) is 5.91 Å². The molecule has 0 bridgehead atoms. The van der Waals surface area contributed by atoms with Crippen molar-refractivity contribution in [3.05, 3.63) is 95.4 Å². The lowest BCUT2D eigenvalue weighted by Crippen LogP contribution is -2.29. The Morgan fingerprint density at radius 2 is 1.85 bits per heavy atom. The van der Waals surface area contributed by atoms with E-state index in [2.05, 4.69) is 15.0 Å². The first-order valence-corrected chi connectivity index (χ1v) is 12.0.